The van der Waals surface area contributed by atoms with Gasteiger partial charge in [0.25, 0.3) is 0 Å². The smallest absolute Gasteiger partial charge is 0.258 e. The first-order valence-electron chi connectivity index (χ1n) is 6.86. The van der Waals surface area contributed by atoms with E-state index in [0.717, 1.165) is 6.42 Å². The van der Waals surface area contributed by atoms with Crippen LogP contribution in [0.4, 0.5) is 0 Å². The molecule has 104 valence electrons. The second-order valence-corrected chi connectivity index (χ2v) is 6.56. The summed E-state index contributed by atoms with van der Waals surface area (Å²) in [5.41, 5.74) is -2.79. The van der Waals surface area contributed by atoms with Crippen LogP contribution in [-0.4, -0.2) is 15.5 Å². The summed E-state index contributed by atoms with van der Waals surface area (Å²) in [5.74, 6) is 0.472. The van der Waals surface area contributed by atoms with Gasteiger partial charge in [0.2, 0.25) is 0 Å². The maximum atomic E-state index is 11.7. The van der Waals surface area contributed by atoms with E-state index in [-0.39, 0.29) is 0 Å². The van der Waals surface area contributed by atoms with Crippen molar-refractivity contribution in [3.05, 3.63) is 32.9 Å². The molecule has 2 unspecified atom stereocenters. The lowest BCUT2D eigenvalue weighted by molar-refractivity contribution is -0.834. The summed E-state index contributed by atoms with van der Waals surface area (Å²) >= 11 is 0. The molecule has 19 heavy (non-hydrogen) atoms. The van der Waals surface area contributed by atoms with Crippen LogP contribution in [0.15, 0.2) is 12.7 Å². The molecule has 0 aromatic carbocycles. The zero-order valence-electron chi connectivity index (χ0n) is 10.8. The van der Waals surface area contributed by atoms with Crippen molar-refractivity contribution < 1.29 is 9.85 Å². The van der Waals surface area contributed by atoms with E-state index in [1.807, 2.05) is 0 Å². The first kappa shape index (κ1) is 12.6. The topological polar surface area (TPSA) is 86.3 Å². The van der Waals surface area contributed by atoms with Crippen LogP contribution < -0.4 is 0 Å². The lowest BCUT2D eigenvalue weighted by Crippen LogP contribution is -2.71. The summed E-state index contributed by atoms with van der Waals surface area (Å²) in [7, 11) is 0. The molecular weight excluding hydrogens is 248 g/mol. The Kier molecular flexibility index (Phi) is 2.50. The minimum atomic E-state index is -1.98. The SMILES string of the molecule is C=CCC12CC3CC(CC(C3)C1([N+](=O)[O-])[N+](=O)[O-])C2. The fourth-order valence-electron chi connectivity index (χ4n) is 5.49. The third-order valence-electron chi connectivity index (χ3n) is 5.70. The molecule has 4 bridgehead atoms. The largest absolute Gasteiger partial charge is 0.466 e. The highest BCUT2D eigenvalue weighted by Gasteiger charge is 2.81. The van der Waals surface area contributed by atoms with Gasteiger partial charge in [-0.1, -0.05) is 6.08 Å². The van der Waals surface area contributed by atoms with Gasteiger partial charge in [0.15, 0.2) is 0 Å². The minimum absolute atomic E-state index is 0.387. The molecule has 4 rings (SSSR count). The predicted octanol–water partition coefficient (Wildman–Crippen LogP) is 2.64. The summed E-state index contributed by atoms with van der Waals surface area (Å²) in [6, 6.07) is 0. The van der Waals surface area contributed by atoms with Crippen molar-refractivity contribution in [2.24, 2.45) is 23.2 Å². The normalized spacial score (nSPS) is 42.0. The summed E-state index contributed by atoms with van der Waals surface area (Å²) in [4.78, 5) is 22.2. The molecule has 4 fully saturated rings. The van der Waals surface area contributed by atoms with Crippen molar-refractivity contribution in [3.8, 4) is 0 Å². The van der Waals surface area contributed by atoms with E-state index in [4.69, 9.17) is 0 Å². The summed E-state index contributed by atoms with van der Waals surface area (Å²) < 4.78 is 0. The van der Waals surface area contributed by atoms with Crippen LogP contribution in [0.5, 0.6) is 0 Å². The van der Waals surface area contributed by atoms with E-state index in [9.17, 15) is 20.2 Å². The minimum Gasteiger partial charge on any atom is -0.258 e. The van der Waals surface area contributed by atoms with Gasteiger partial charge < -0.3 is 0 Å². The van der Waals surface area contributed by atoms with Crippen LogP contribution in [0.1, 0.15) is 38.5 Å². The van der Waals surface area contributed by atoms with Gasteiger partial charge >= 0.3 is 5.66 Å². The van der Waals surface area contributed by atoms with E-state index in [2.05, 4.69) is 6.58 Å². The highest BCUT2D eigenvalue weighted by molar-refractivity contribution is 5.12. The Balaban J connectivity index is 2.17. The Morgan fingerprint density at radius 3 is 2.05 bits per heavy atom. The molecule has 0 radical (unpaired) electrons. The van der Waals surface area contributed by atoms with Gasteiger partial charge in [0.05, 0.1) is 9.85 Å². The maximum absolute atomic E-state index is 11.7. The van der Waals surface area contributed by atoms with Gasteiger partial charge in [0, 0.05) is 0 Å². The molecule has 6 heteroatoms. The van der Waals surface area contributed by atoms with Gasteiger partial charge in [-0.25, -0.2) is 0 Å². The highest BCUT2D eigenvalue weighted by Crippen LogP contribution is 2.67. The number of hydrogen-bond acceptors (Lipinski definition) is 4. The Morgan fingerprint density at radius 1 is 1.11 bits per heavy atom. The molecule has 0 N–H and O–H groups in total. The molecule has 0 aliphatic heterocycles. The molecule has 6 nitrogen and oxygen atoms in total. The number of allylic oxidation sites excluding steroid dienone is 1. The lowest BCUT2D eigenvalue weighted by Gasteiger charge is -2.57. The lowest BCUT2D eigenvalue weighted by atomic mass is 9.44. The third kappa shape index (κ3) is 1.32. The van der Waals surface area contributed by atoms with Crippen molar-refractivity contribution in [1.82, 2.24) is 0 Å². The van der Waals surface area contributed by atoms with E-state index in [1.165, 1.54) is 0 Å². The Hall–Kier alpha value is -1.46. The molecule has 0 heterocycles. The summed E-state index contributed by atoms with van der Waals surface area (Å²) in [6.45, 7) is 3.68. The molecule has 0 amide bonds. The second kappa shape index (κ2) is 3.77. The van der Waals surface area contributed by atoms with Crippen molar-refractivity contribution >= 4 is 0 Å². The van der Waals surface area contributed by atoms with Crippen LogP contribution in [0.3, 0.4) is 0 Å². The van der Waals surface area contributed by atoms with Crippen molar-refractivity contribution in [1.29, 1.82) is 0 Å². The van der Waals surface area contributed by atoms with E-state index in [0.29, 0.717) is 43.9 Å². The van der Waals surface area contributed by atoms with Gasteiger partial charge in [-0.15, -0.1) is 6.58 Å². The molecule has 0 saturated heterocycles. The molecule has 4 saturated carbocycles. The van der Waals surface area contributed by atoms with E-state index >= 15 is 0 Å². The molecular formula is C13H18N2O4. The molecule has 4 aliphatic carbocycles. The van der Waals surface area contributed by atoms with Crippen LogP contribution in [0, 0.1) is 43.4 Å². The van der Waals surface area contributed by atoms with Crippen LogP contribution in [0.25, 0.3) is 0 Å². The fraction of sp³-hybridized carbons (Fsp3) is 0.846. The third-order valence-corrected chi connectivity index (χ3v) is 5.70. The zero-order valence-corrected chi connectivity index (χ0v) is 10.8. The first-order chi connectivity index (χ1) is 8.96. The van der Waals surface area contributed by atoms with Crippen molar-refractivity contribution in [3.63, 3.8) is 0 Å². The van der Waals surface area contributed by atoms with E-state index < -0.39 is 26.8 Å². The van der Waals surface area contributed by atoms with Gasteiger partial charge in [0.1, 0.15) is 11.3 Å². The zero-order chi connectivity index (χ0) is 13.8. The number of nitrogens with zero attached hydrogens (tertiary/aromatic N) is 2. The predicted molar refractivity (Wildman–Crippen MR) is 67.5 cm³/mol. The monoisotopic (exact) mass is 266 g/mol. The van der Waals surface area contributed by atoms with Gasteiger partial charge in [-0.2, -0.15) is 0 Å². The number of hydrogen-bond donors (Lipinski definition) is 0. The molecule has 0 aromatic rings. The Labute approximate surface area is 111 Å². The van der Waals surface area contributed by atoms with Crippen LogP contribution >= 0.6 is 0 Å². The summed E-state index contributed by atoms with van der Waals surface area (Å²) in [5, 5.41) is 23.3. The Bertz CT molecular complexity index is 434. The fourth-order valence-corrected chi connectivity index (χ4v) is 5.49. The Morgan fingerprint density at radius 2 is 1.63 bits per heavy atom. The molecule has 0 aromatic heterocycles. The quantitative estimate of drug-likeness (QED) is 0.339. The van der Waals surface area contributed by atoms with Crippen molar-refractivity contribution in [2.45, 2.75) is 44.2 Å². The molecule has 0 spiro atoms. The first-order valence-corrected chi connectivity index (χ1v) is 6.86. The highest BCUT2D eigenvalue weighted by atomic mass is 16.7. The van der Waals surface area contributed by atoms with Gasteiger partial charge in [-0.05, 0) is 50.4 Å². The second-order valence-electron chi connectivity index (χ2n) is 6.56. The van der Waals surface area contributed by atoms with E-state index in [1.54, 1.807) is 6.08 Å². The van der Waals surface area contributed by atoms with Crippen molar-refractivity contribution in [2.75, 3.05) is 0 Å². The maximum Gasteiger partial charge on any atom is 0.466 e. The number of rotatable bonds is 4. The molecule has 4 aliphatic rings. The standard InChI is InChI=1S/C13H18N2O4/c1-2-3-12-7-9-4-10(8-12)6-11(5-9)13(12,14(16)17)15(18)19/h2,9-11H,1,3-8H2. The van der Waals surface area contributed by atoms with Crippen LogP contribution in [0.2, 0.25) is 0 Å². The average molecular weight is 266 g/mol. The average Bonchev–Trinajstić information content (AvgIpc) is 2.26. The van der Waals surface area contributed by atoms with Gasteiger partial charge in [-0.3, -0.25) is 20.2 Å². The number of nitro groups is 2. The molecule has 2 atom stereocenters. The van der Waals surface area contributed by atoms with Crippen LogP contribution in [-0.2, 0) is 0 Å². The summed E-state index contributed by atoms with van der Waals surface area (Å²) in [6.07, 6.45) is 5.66.